The summed E-state index contributed by atoms with van der Waals surface area (Å²) in [5.74, 6) is 3.38. The minimum Gasteiger partial charge on any atom is -0.493 e. The van der Waals surface area contributed by atoms with Gasteiger partial charge in [0.1, 0.15) is 18.2 Å². The molecular formula is C23H30N4O5. The van der Waals surface area contributed by atoms with Crippen molar-refractivity contribution < 1.29 is 23.7 Å². The molecule has 0 radical (unpaired) electrons. The summed E-state index contributed by atoms with van der Waals surface area (Å²) in [5.41, 5.74) is 0.747. The van der Waals surface area contributed by atoms with Gasteiger partial charge in [-0.15, -0.1) is 0 Å². The zero-order valence-electron chi connectivity index (χ0n) is 19.0. The van der Waals surface area contributed by atoms with Gasteiger partial charge >= 0.3 is 0 Å². The predicted molar refractivity (Wildman–Crippen MR) is 122 cm³/mol. The number of methoxy groups -OCH3 is 3. The van der Waals surface area contributed by atoms with Gasteiger partial charge < -0.3 is 29.2 Å². The van der Waals surface area contributed by atoms with Crippen LogP contribution in [0.25, 0.3) is 6.08 Å². The van der Waals surface area contributed by atoms with Gasteiger partial charge in [-0.25, -0.2) is 4.98 Å². The molecule has 2 heterocycles. The second-order valence-electron chi connectivity index (χ2n) is 7.24. The molecule has 1 aliphatic heterocycles. The van der Waals surface area contributed by atoms with Crippen molar-refractivity contribution in [1.82, 2.24) is 15.3 Å². The number of nitrogens with zero attached hydrogens (tertiary/aromatic N) is 3. The number of aryl methyl sites for hydroxylation is 1. The van der Waals surface area contributed by atoms with Crippen molar-refractivity contribution >= 4 is 17.8 Å². The highest BCUT2D eigenvalue weighted by Gasteiger charge is 2.15. The molecule has 0 aliphatic carbocycles. The van der Waals surface area contributed by atoms with Crippen LogP contribution in [0.5, 0.6) is 23.1 Å². The topological polar surface area (TPSA) is 95.0 Å². The maximum absolute atomic E-state index is 12.2. The first kappa shape index (κ1) is 23.2. The lowest BCUT2D eigenvalue weighted by Crippen LogP contribution is -2.26. The van der Waals surface area contributed by atoms with Crippen molar-refractivity contribution in [2.24, 2.45) is 0 Å². The summed E-state index contributed by atoms with van der Waals surface area (Å²) in [7, 11) is 4.64. The van der Waals surface area contributed by atoms with E-state index in [-0.39, 0.29) is 5.91 Å². The second-order valence-corrected chi connectivity index (χ2v) is 7.24. The monoisotopic (exact) mass is 442 g/mol. The lowest BCUT2D eigenvalue weighted by molar-refractivity contribution is -0.116. The summed E-state index contributed by atoms with van der Waals surface area (Å²) in [6.45, 7) is 4.51. The van der Waals surface area contributed by atoms with E-state index in [1.54, 1.807) is 39.5 Å². The molecule has 3 rings (SSSR count). The highest BCUT2D eigenvalue weighted by molar-refractivity contribution is 5.91. The summed E-state index contributed by atoms with van der Waals surface area (Å²) in [4.78, 5) is 23.2. The van der Waals surface area contributed by atoms with Gasteiger partial charge in [-0.1, -0.05) is 0 Å². The molecular weight excluding hydrogens is 412 g/mol. The third kappa shape index (κ3) is 6.03. The summed E-state index contributed by atoms with van der Waals surface area (Å²) in [6.07, 6.45) is 5.47. The van der Waals surface area contributed by atoms with Gasteiger partial charge in [0.05, 0.1) is 27.9 Å². The molecule has 32 heavy (non-hydrogen) atoms. The lowest BCUT2D eigenvalue weighted by atomic mass is 10.1. The summed E-state index contributed by atoms with van der Waals surface area (Å²) >= 11 is 0. The van der Waals surface area contributed by atoms with Gasteiger partial charge in [-0.2, -0.15) is 4.98 Å². The molecule has 9 heteroatoms. The first-order valence-electron chi connectivity index (χ1n) is 10.5. The Kier molecular flexibility index (Phi) is 8.13. The van der Waals surface area contributed by atoms with E-state index in [4.69, 9.17) is 18.9 Å². The average Bonchev–Trinajstić information content (AvgIpc) is 3.34. The van der Waals surface area contributed by atoms with Crippen LogP contribution in [-0.4, -0.2) is 63.4 Å². The minimum atomic E-state index is -0.237. The Morgan fingerprint density at radius 1 is 1.06 bits per heavy atom. The summed E-state index contributed by atoms with van der Waals surface area (Å²) < 4.78 is 21.7. The number of hydrogen-bond acceptors (Lipinski definition) is 8. The Labute approximate surface area is 188 Å². The molecule has 1 saturated heterocycles. The number of aromatic nitrogens is 2. The number of amides is 1. The molecule has 0 atom stereocenters. The highest BCUT2D eigenvalue weighted by atomic mass is 16.5. The van der Waals surface area contributed by atoms with Crippen LogP contribution >= 0.6 is 0 Å². The number of carbonyl (C=O) groups excluding carboxylic acids is 1. The Morgan fingerprint density at radius 2 is 1.75 bits per heavy atom. The highest BCUT2D eigenvalue weighted by Crippen LogP contribution is 2.38. The van der Waals surface area contributed by atoms with Crippen molar-refractivity contribution in [2.45, 2.75) is 19.8 Å². The Bertz CT molecular complexity index is 932. The molecule has 0 unspecified atom stereocenters. The molecule has 1 aromatic heterocycles. The van der Waals surface area contributed by atoms with Gasteiger partial charge in [-0.3, -0.25) is 4.79 Å². The van der Waals surface area contributed by atoms with Crippen LogP contribution in [0.3, 0.4) is 0 Å². The number of anilines is 1. The number of nitrogens with one attached hydrogen (secondary N) is 1. The predicted octanol–water partition coefficient (Wildman–Crippen LogP) is 2.62. The lowest BCUT2D eigenvalue weighted by Gasteiger charge is -2.17. The van der Waals surface area contributed by atoms with E-state index in [0.29, 0.717) is 42.1 Å². The van der Waals surface area contributed by atoms with E-state index >= 15 is 0 Å². The zero-order chi connectivity index (χ0) is 22.9. The fourth-order valence-corrected chi connectivity index (χ4v) is 3.47. The molecule has 1 aromatic carbocycles. The van der Waals surface area contributed by atoms with Crippen molar-refractivity contribution in [3.63, 3.8) is 0 Å². The molecule has 0 bridgehead atoms. The third-order valence-electron chi connectivity index (χ3n) is 5.00. The zero-order valence-corrected chi connectivity index (χ0v) is 19.0. The SMILES string of the molecule is COc1cc(/C=C/C(=O)NCCOc2cc(N3CCCC3)nc(C)n2)cc(OC)c1OC. The van der Waals surface area contributed by atoms with E-state index in [0.717, 1.165) is 24.5 Å². The standard InChI is InChI=1S/C23H30N4O5/c1-16-25-20(27-10-5-6-11-27)15-22(26-16)32-12-9-24-21(28)8-7-17-13-18(29-2)23(31-4)19(14-17)30-3/h7-8,13-15H,5-6,9-12H2,1-4H3,(H,24,28)/b8-7+. The Balaban J connectivity index is 1.51. The van der Waals surface area contributed by atoms with E-state index < -0.39 is 0 Å². The molecule has 1 amide bonds. The smallest absolute Gasteiger partial charge is 0.244 e. The molecule has 0 saturated carbocycles. The number of benzene rings is 1. The van der Waals surface area contributed by atoms with Gasteiger partial charge in [0.25, 0.3) is 0 Å². The number of carbonyl (C=O) groups is 1. The molecule has 9 nitrogen and oxygen atoms in total. The fraction of sp³-hybridized carbons (Fsp3) is 0.435. The molecule has 1 aliphatic rings. The second kappa shape index (κ2) is 11.2. The fourth-order valence-electron chi connectivity index (χ4n) is 3.47. The Hall–Kier alpha value is -3.49. The van der Waals surface area contributed by atoms with Crippen LogP contribution < -0.4 is 29.2 Å². The van der Waals surface area contributed by atoms with E-state index in [1.807, 2.05) is 13.0 Å². The first-order valence-corrected chi connectivity index (χ1v) is 10.5. The van der Waals surface area contributed by atoms with E-state index in [2.05, 4.69) is 20.2 Å². The van der Waals surface area contributed by atoms with Gasteiger partial charge in [0.2, 0.25) is 17.5 Å². The summed E-state index contributed by atoms with van der Waals surface area (Å²) in [6, 6.07) is 5.39. The van der Waals surface area contributed by atoms with Crippen LogP contribution in [0.2, 0.25) is 0 Å². The average molecular weight is 443 g/mol. The van der Waals surface area contributed by atoms with Crippen molar-refractivity contribution in [2.75, 3.05) is 52.5 Å². The van der Waals surface area contributed by atoms with Gasteiger partial charge in [0.15, 0.2) is 11.5 Å². The van der Waals surface area contributed by atoms with Crippen LogP contribution in [0.1, 0.15) is 24.2 Å². The molecule has 0 spiro atoms. The van der Waals surface area contributed by atoms with Gasteiger partial charge in [-0.05, 0) is 43.5 Å². The first-order chi connectivity index (χ1) is 15.5. The maximum atomic E-state index is 12.2. The van der Waals surface area contributed by atoms with Crippen LogP contribution in [0.4, 0.5) is 5.82 Å². The van der Waals surface area contributed by atoms with Crippen molar-refractivity contribution in [1.29, 1.82) is 0 Å². The molecule has 2 aromatic rings. The van der Waals surface area contributed by atoms with Crippen molar-refractivity contribution in [3.05, 3.63) is 35.7 Å². The van der Waals surface area contributed by atoms with Crippen molar-refractivity contribution in [3.8, 4) is 23.1 Å². The number of ether oxygens (including phenoxy) is 4. The van der Waals surface area contributed by atoms with E-state index in [9.17, 15) is 4.79 Å². The number of rotatable bonds is 10. The van der Waals surface area contributed by atoms with Gasteiger partial charge in [0, 0.05) is 25.2 Å². The molecule has 1 N–H and O–H groups in total. The Morgan fingerprint density at radius 3 is 2.38 bits per heavy atom. The molecule has 172 valence electrons. The third-order valence-corrected chi connectivity index (χ3v) is 5.00. The quantitative estimate of drug-likeness (QED) is 0.443. The van der Waals surface area contributed by atoms with E-state index in [1.165, 1.54) is 18.9 Å². The maximum Gasteiger partial charge on any atom is 0.244 e. The minimum absolute atomic E-state index is 0.237. The number of hydrogen-bond donors (Lipinski definition) is 1. The largest absolute Gasteiger partial charge is 0.493 e. The summed E-state index contributed by atoms with van der Waals surface area (Å²) in [5, 5.41) is 2.80. The van der Waals surface area contributed by atoms with Crippen LogP contribution in [0.15, 0.2) is 24.3 Å². The normalized spacial score (nSPS) is 13.3. The van der Waals surface area contributed by atoms with Crippen LogP contribution in [-0.2, 0) is 4.79 Å². The molecule has 1 fully saturated rings. The van der Waals surface area contributed by atoms with Crippen LogP contribution in [0, 0.1) is 6.92 Å².